The average molecular weight is 333 g/mol. The van der Waals surface area contributed by atoms with Gasteiger partial charge in [0.1, 0.15) is 6.10 Å². The normalized spacial score (nSPS) is 13.9. The number of rotatable bonds is 5. The van der Waals surface area contributed by atoms with Crippen molar-refractivity contribution >= 4 is 11.6 Å². The van der Waals surface area contributed by atoms with Gasteiger partial charge in [-0.25, -0.2) is 0 Å². The molecule has 0 amide bonds. The minimum Gasteiger partial charge on any atom is -0.303 e. The number of halogens is 5. The summed E-state index contributed by atoms with van der Waals surface area (Å²) in [4.78, 5) is 0. The van der Waals surface area contributed by atoms with Crippen molar-refractivity contribution in [1.29, 1.82) is 0 Å². The maximum atomic E-state index is 13.6. The molecular weight excluding hydrogens is 320 g/mol. The minimum atomic E-state index is -4.60. The summed E-state index contributed by atoms with van der Waals surface area (Å²) in [7, 11) is 0. The summed E-state index contributed by atoms with van der Waals surface area (Å²) in [6.07, 6.45) is -5.94. The van der Waals surface area contributed by atoms with E-state index in [-0.39, 0.29) is 6.92 Å². The van der Waals surface area contributed by atoms with Gasteiger partial charge in [-0.05, 0) is 23.3 Å². The Kier molecular flexibility index (Phi) is 4.78. The van der Waals surface area contributed by atoms with Crippen LogP contribution < -0.4 is 0 Å². The Morgan fingerprint density at radius 3 is 1.86 bits per heavy atom. The highest BCUT2D eigenvalue weighted by molar-refractivity contribution is 6.30. The lowest BCUT2D eigenvalue weighted by Gasteiger charge is -2.28. The fourth-order valence-corrected chi connectivity index (χ4v) is 1.97. The Labute approximate surface area is 130 Å². The van der Waals surface area contributed by atoms with Gasteiger partial charge in [-0.3, -0.25) is 0 Å². The van der Waals surface area contributed by atoms with Crippen molar-refractivity contribution in [2.75, 3.05) is 0 Å². The van der Waals surface area contributed by atoms with E-state index in [4.69, 9.17) is 11.6 Å². The van der Waals surface area contributed by atoms with Gasteiger partial charge in [0.25, 0.3) is 0 Å². The summed E-state index contributed by atoms with van der Waals surface area (Å²) >= 11 is 5.76. The molecule has 0 radical (unpaired) electrons. The van der Waals surface area contributed by atoms with Crippen LogP contribution >= 0.6 is 11.6 Å². The largest absolute Gasteiger partial charge is 0.419 e. The molecule has 1 atom stereocenters. The second-order valence-electron chi connectivity index (χ2n) is 4.87. The third-order valence-corrected chi connectivity index (χ3v) is 3.30. The fraction of sp³-hybridized carbons (Fsp3) is 0.250. The van der Waals surface area contributed by atoms with Gasteiger partial charge < -0.3 is 4.74 Å². The van der Waals surface area contributed by atoms with E-state index in [9.17, 15) is 17.6 Å². The Bertz CT molecular complexity index is 608. The molecule has 2 aromatic carbocycles. The van der Waals surface area contributed by atoms with Crippen LogP contribution in [-0.4, -0.2) is 12.0 Å². The predicted octanol–water partition coefficient (Wildman–Crippen LogP) is 5.69. The molecule has 0 aliphatic carbocycles. The summed E-state index contributed by atoms with van der Waals surface area (Å²) < 4.78 is 57.9. The smallest absolute Gasteiger partial charge is 0.303 e. The molecule has 6 heteroatoms. The molecular formula is C16H13ClF4O. The van der Waals surface area contributed by atoms with Crippen LogP contribution in [-0.2, 0) is 4.74 Å². The van der Waals surface area contributed by atoms with Gasteiger partial charge in [-0.2, -0.15) is 17.6 Å². The van der Waals surface area contributed by atoms with Crippen LogP contribution in [0.2, 0.25) is 5.02 Å². The van der Waals surface area contributed by atoms with Crippen LogP contribution in [0.4, 0.5) is 17.6 Å². The maximum Gasteiger partial charge on any atom is 0.419 e. The Morgan fingerprint density at radius 2 is 1.36 bits per heavy atom. The van der Waals surface area contributed by atoms with Gasteiger partial charge in [-0.1, -0.05) is 54.1 Å². The zero-order chi connectivity index (χ0) is 16.4. The highest BCUT2D eigenvalue weighted by Gasteiger charge is 2.55. The molecule has 22 heavy (non-hydrogen) atoms. The van der Waals surface area contributed by atoms with E-state index in [1.165, 1.54) is 36.4 Å². The molecule has 0 aliphatic heterocycles. The van der Waals surface area contributed by atoms with Crippen molar-refractivity contribution in [3.63, 3.8) is 0 Å². The number of hydrogen-bond acceptors (Lipinski definition) is 1. The van der Waals surface area contributed by atoms with E-state index in [0.29, 0.717) is 16.1 Å². The summed E-state index contributed by atoms with van der Waals surface area (Å²) in [5, 5.41) is 0.406. The van der Waals surface area contributed by atoms with Crippen molar-refractivity contribution in [3.05, 3.63) is 70.7 Å². The molecule has 2 rings (SSSR count). The van der Waals surface area contributed by atoms with Gasteiger partial charge in [0.15, 0.2) is 0 Å². The van der Waals surface area contributed by atoms with E-state index in [2.05, 4.69) is 4.74 Å². The zero-order valence-electron chi connectivity index (χ0n) is 11.6. The van der Waals surface area contributed by atoms with Crippen molar-refractivity contribution in [1.82, 2.24) is 0 Å². The number of ether oxygens (including phenoxy) is 1. The third-order valence-electron chi connectivity index (χ3n) is 3.05. The summed E-state index contributed by atoms with van der Waals surface area (Å²) in [6, 6.07) is 13.9. The average Bonchev–Trinajstić information content (AvgIpc) is 2.46. The SMILES string of the molecule is CC(F)(F)C(F)(F)OC(c1ccccc1)c1ccc(Cl)cc1. The first-order chi connectivity index (χ1) is 10.2. The van der Waals surface area contributed by atoms with E-state index < -0.39 is 18.1 Å². The van der Waals surface area contributed by atoms with E-state index in [1.807, 2.05) is 0 Å². The van der Waals surface area contributed by atoms with Crippen molar-refractivity contribution < 1.29 is 22.3 Å². The molecule has 0 spiro atoms. The van der Waals surface area contributed by atoms with Crippen LogP contribution in [0.5, 0.6) is 0 Å². The minimum absolute atomic E-state index is 0.122. The Hall–Kier alpha value is -1.59. The molecule has 0 fully saturated rings. The second-order valence-corrected chi connectivity index (χ2v) is 5.30. The third kappa shape index (κ3) is 3.78. The Balaban J connectivity index is 2.41. The van der Waals surface area contributed by atoms with Gasteiger partial charge >= 0.3 is 12.0 Å². The second kappa shape index (κ2) is 6.26. The quantitative estimate of drug-likeness (QED) is 0.639. The molecule has 0 heterocycles. The first-order valence-electron chi connectivity index (χ1n) is 6.44. The highest BCUT2D eigenvalue weighted by Crippen LogP contribution is 2.41. The topological polar surface area (TPSA) is 9.23 Å². The van der Waals surface area contributed by atoms with Gasteiger partial charge in [0.05, 0.1) is 0 Å². The Morgan fingerprint density at radius 1 is 0.864 bits per heavy atom. The van der Waals surface area contributed by atoms with Gasteiger partial charge in [-0.15, -0.1) is 0 Å². The summed E-state index contributed by atoms with van der Waals surface area (Å²) in [5.74, 6) is -4.30. The molecule has 0 saturated heterocycles. The molecule has 0 aliphatic rings. The van der Waals surface area contributed by atoms with Crippen molar-refractivity contribution in [3.8, 4) is 0 Å². The predicted molar refractivity (Wildman–Crippen MR) is 76.4 cm³/mol. The van der Waals surface area contributed by atoms with E-state index >= 15 is 0 Å². The molecule has 0 saturated carbocycles. The van der Waals surface area contributed by atoms with Crippen LogP contribution in [0.1, 0.15) is 24.2 Å². The van der Waals surface area contributed by atoms with Crippen LogP contribution in [0.3, 0.4) is 0 Å². The molecule has 118 valence electrons. The first kappa shape index (κ1) is 16.8. The zero-order valence-corrected chi connectivity index (χ0v) is 12.3. The van der Waals surface area contributed by atoms with E-state index in [0.717, 1.165) is 0 Å². The lowest BCUT2D eigenvalue weighted by molar-refractivity contribution is -0.353. The number of benzene rings is 2. The lowest BCUT2D eigenvalue weighted by atomic mass is 10.0. The number of hydrogen-bond donors (Lipinski definition) is 0. The molecule has 0 aromatic heterocycles. The van der Waals surface area contributed by atoms with Gasteiger partial charge in [0, 0.05) is 11.9 Å². The highest BCUT2D eigenvalue weighted by atomic mass is 35.5. The molecule has 1 unspecified atom stereocenters. The van der Waals surface area contributed by atoms with Crippen LogP contribution in [0, 0.1) is 0 Å². The molecule has 0 bridgehead atoms. The summed E-state index contributed by atoms with van der Waals surface area (Å²) in [5.41, 5.74) is 0.647. The van der Waals surface area contributed by atoms with E-state index in [1.54, 1.807) is 18.2 Å². The number of alkyl halides is 4. The molecule has 2 aromatic rings. The van der Waals surface area contributed by atoms with Crippen molar-refractivity contribution in [2.24, 2.45) is 0 Å². The standard InChI is InChI=1S/C16H13ClF4O/c1-15(18,19)16(20,21)22-14(11-5-3-2-4-6-11)12-7-9-13(17)10-8-12/h2-10,14H,1H3. The summed E-state index contributed by atoms with van der Waals surface area (Å²) in [6.45, 7) is 0.122. The maximum absolute atomic E-state index is 13.6. The molecule has 1 nitrogen and oxygen atoms in total. The monoisotopic (exact) mass is 332 g/mol. The van der Waals surface area contributed by atoms with Crippen molar-refractivity contribution in [2.45, 2.75) is 25.1 Å². The van der Waals surface area contributed by atoms with Crippen LogP contribution in [0.15, 0.2) is 54.6 Å². The lowest BCUT2D eigenvalue weighted by Crippen LogP contribution is -2.41. The fourth-order valence-electron chi connectivity index (χ4n) is 1.85. The molecule has 0 N–H and O–H groups in total. The van der Waals surface area contributed by atoms with Crippen LogP contribution in [0.25, 0.3) is 0 Å². The van der Waals surface area contributed by atoms with Gasteiger partial charge in [0.2, 0.25) is 0 Å². The first-order valence-corrected chi connectivity index (χ1v) is 6.82.